The van der Waals surface area contributed by atoms with Gasteiger partial charge < -0.3 is 11.5 Å². The monoisotopic (exact) mass is 372 g/mol. The van der Waals surface area contributed by atoms with E-state index in [-0.39, 0.29) is 17.4 Å². The van der Waals surface area contributed by atoms with Gasteiger partial charge in [0.25, 0.3) is 0 Å². The molecule has 4 rings (SSSR count). The molecular formula is C21H17FN6. The molecule has 6 N–H and O–H groups in total. The summed E-state index contributed by atoms with van der Waals surface area (Å²) in [6.07, 6.45) is 0. The van der Waals surface area contributed by atoms with Crippen LogP contribution in [0.15, 0.2) is 66.7 Å². The summed E-state index contributed by atoms with van der Waals surface area (Å²) in [6.45, 7) is 0. The zero-order valence-electron chi connectivity index (χ0n) is 14.8. The number of fused-ring (bicyclic) bond motifs is 1. The van der Waals surface area contributed by atoms with Gasteiger partial charge in [-0.05, 0) is 35.4 Å². The molecule has 1 heterocycles. The maximum absolute atomic E-state index is 14.1. The highest BCUT2D eigenvalue weighted by Gasteiger charge is 2.14. The largest absolute Gasteiger partial charge is 0.384 e. The van der Waals surface area contributed by atoms with Crippen molar-refractivity contribution in [3.8, 4) is 22.5 Å². The third kappa shape index (κ3) is 2.88. The summed E-state index contributed by atoms with van der Waals surface area (Å²) in [5.41, 5.74) is 15.0. The van der Waals surface area contributed by atoms with Crippen molar-refractivity contribution >= 4 is 22.8 Å². The number of nitrogens with zero attached hydrogens (tertiary/aromatic N) is 2. The molecule has 0 aliphatic rings. The Labute approximate surface area is 160 Å². The fourth-order valence-corrected chi connectivity index (χ4v) is 3.19. The Balaban J connectivity index is 1.76. The molecule has 0 spiro atoms. The van der Waals surface area contributed by atoms with Gasteiger partial charge in [0, 0.05) is 5.56 Å². The molecule has 3 aromatic carbocycles. The number of amidine groups is 1. The first-order valence-electron chi connectivity index (χ1n) is 8.52. The zero-order chi connectivity index (χ0) is 19.8. The lowest BCUT2D eigenvalue weighted by Crippen LogP contribution is -2.21. The summed E-state index contributed by atoms with van der Waals surface area (Å²) >= 11 is 0. The van der Waals surface area contributed by atoms with Crippen molar-refractivity contribution in [1.29, 1.82) is 10.8 Å². The second-order valence-electron chi connectivity index (χ2n) is 6.33. The first-order valence-corrected chi connectivity index (χ1v) is 8.52. The topological polar surface area (TPSA) is 118 Å². The second-order valence-corrected chi connectivity index (χ2v) is 6.33. The quantitative estimate of drug-likeness (QED) is 0.325. The molecule has 138 valence electrons. The van der Waals surface area contributed by atoms with E-state index in [9.17, 15) is 4.39 Å². The normalized spacial score (nSPS) is 10.9. The lowest BCUT2D eigenvalue weighted by atomic mass is 10.0. The van der Waals surface area contributed by atoms with E-state index < -0.39 is 5.82 Å². The summed E-state index contributed by atoms with van der Waals surface area (Å²) in [5.74, 6) is -0.386. The number of aromatic nitrogens is 2. The van der Waals surface area contributed by atoms with Gasteiger partial charge in [-0.25, -0.2) is 9.37 Å². The van der Waals surface area contributed by atoms with E-state index in [2.05, 4.69) is 4.98 Å². The van der Waals surface area contributed by atoms with Crippen molar-refractivity contribution < 1.29 is 4.39 Å². The predicted molar refractivity (Wildman–Crippen MR) is 109 cm³/mol. The molecule has 1 aromatic heterocycles. The molecule has 0 atom stereocenters. The van der Waals surface area contributed by atoms with E-state index in [1.54, 1.807) is 10.6 Å². The summed E-state index contributed by atoms with van der Waals surface area (Å²) in [5, 5.41) is 15.3. The molecule has 0 bridgehead atoms. The lowest BCUT2D eigenvalue weighted by molar-refractivity contribution is 0.625. The first-order chi connectivity index (χ1) is 13.5. The Morgan fingerprint density at radius 1 is 0.857 bits per heavy atom. The predicted octanol–water partition coefficient (Wildman–Crippen LogP) is 3.54. The fourth-order valence-electron chi connectivity index (χ4n) is 3.19. The summed E-state index contributed by atoms with van der Waals surface area (Å²) < 4.78 is 15.7. The minimum absolute atomic E-state index is 0.0792. The van der Waals surface area contributed by atoms with Gasteiger partial charge in [-0.2, -0.15) is 0 Å². The fraction of sp³-hybridized carbons (Fsp3) is 0. The minimum Gasteiger partial charge on any atom is -0.384 e. The number of halogens is 1. The van der Waals surface area contributed by atoms with Crippen LogP contribution in [0.3, 0.4) is 0 Å². The number of imidazole rings is 1. The van der Waals surface area contributed by atoms with Gasteiger partial charge in [-0.3, -0.25) is 15.4 Å². The van der Waals surface area contributed by atoms with E-state index in [0.29, 0.717) is 11.4 Å². The minimum atomic E-state index is -0.535. The third-order valence-corrected chi connectivity index (χ3v) is 4.54. The molecule has 28 heavy (non-hydrogen) atoms. The number of nitrogens with two attached hydrogens (primary N) is 2. The highest BCUT2D eigenvalue weighted by atomic mass is 19.1. The molecule has 4 aromatic rings. The average Bonchev–Trinajstić information content (AvgIpc) is 3.07. The van der Waals surface area contributed by atoms with Gasteiger partial charge in [0.05, 0.1) is 16.6 Å². The second kappa shape index (κ2) is 6.62. The maximum atomic E-state index is 14.1. The molecule has 0 unspecified atom stereocenters. The van der Waals surface area contributed by atoms with Crippen molar-refractivity contribution in [1.82, 2.24) is 9.55 Å². The Kier molecular flexibility index (Phi) is 4.12. The van der Waals surface area contributed by atoms with Crippen molar-refractivity contribution in [3.05, 3.63) is 78.1 Å². The molecule has 6 nitrogen and oxygen atoms in total. The van der Waals surface area contributed by atoms with E-state index in [1.807, 2.05) is 48.5 Å². The van der Waals surface area contributed by atoms with Gasteiger partial charge in [-0.1, -0.05) is 42.5 Å². The van der Waals surface area contributed by atoms with Gasteiger partial charge in [0.2, 0.25) is 0 Å². The van der Waals surface area contributed by atoms with Crippen LogP contribution in [0.5, 0.6) is 0 Å². The summed E-state index contributed by atoms with van der Waals surface area (Å²) in [7, 11) is 0. The number of hydrogen-bond donors (Lipinski definition) is 4. The van der Waals surface area contributed by atoms with Crippen LogP contribution in [0.25, 0.3) is 33.5 Å². The van der Waals surface area contributed by atoms with Gasteiger partial charge in [0.1, 0.15) is 17.5 Å². The van der Waals surface area contributed by atoms with E-state index in [0.717, 1.165) is 22.2 Å². The number of hydrogen-bond acceptors (Lipinski definition) is 3. The summed E-state index contributed by atoms with van der Waals surface area (Å²) in [6, 6.07) is 19.5. The van der Waals surface area contributed by atoms with Crippen LogP contribution in [-0.2, 0) is 0 Å². The van der Waals surface area contributed by atoms with Crippen LogP contribution in [0.4, 0.5) is 4.39 Å². The third-order valence-electron chi connectivity index (χ3n) is 4.54. The number of nitrogen functional groups attached to an aromatic ring is 2. The molecule has 0 aliphatic carbocycles. The standard InChI is InChI=1S/C21H17FN6/c22-16-11-14(9-10-15(16)19(23)24)12-5-7-13(8-6-12)20-27-17-3-1-2-4-18(17)28(20)21(25)26/h1-11H,(H3,23,24)(H3,25,26). The molecule has 7 heteroatoms. The number of benzene rings is 3. The first kappa shape index (κ1) is 17.4. The van der Waals surface area contributed by atoms with E-state index in [1.165, 1.54) is 12.1 Å². The molecule has 0 amide bonds. The van der Waals surface area contributed by atoms with Gasteiger partial charge >= 0.3 is 0 Å². The van der Waals surface area contributed by atoms with Gasteiger partial charge in [0.15, 0.2) is 5.96 Å². The van der Waals surface area contributed by atoms with Crippen LogP contribution in [0, 0.1) is 16.6 Å². The van der Waals surface area contributed by atoms with Crippen LogP contribution in [0.1, 0.15) is 5.56 Å². The Bertz CT molecular complexity index is 1220. The van der Waals surface area contributed by atoms with Crippen LogP contribution < -0.4 is 11.5 Å². The molecule has 0 saturated heterocycles. The molecule has 0 saturated carbocycles. The van der Waals surface area contributed by atoms with Crippen molar-refractivity contribution in [2.24, 2.45) is 11.5 Å². The SMILES string of the molecule is N=C(N)c1ccc(-c2ccc(-c3nc4ccccc4n3C(=N)N)cc2)cc1F. The zero-order valence-corrected chi connectivity index (χ0v) is 14.8. The van der Waals surface area contributed by atoms with Crippen LogP contribution in [-0.4, -0.2) is 21.3 Å². The highest BCUT2D eigenvalue weighted by molar-refractivity contribution is 5.96. The molecule has 0 radical (unpaired) electrons. The molecular weight excluding hydrogens is 355 g/mol. The van der Waals surface area contributed by atoms with Gasteiger partial charge in [-0.15, -0.1) is 0 Å². The smallest absolute Gasteiger partial charge is 0.198 e. The molecule has 0 aliphatic heterocycles. The number of rotatable bonds is 3. The number of nitrogens with one attached hydrogen (secondary N) is 2. The van der Waals surface area contributed by atoms with Crippen molar-refractivity contribution in [2.45, 2.75) is 0 Å². The Morgan fingerprint density at radius 3 is 2.14 bits per heavy atom. The van der Waals surface area contributed by atoms with E-state index in [4.69, 9.17) is 22.3 Å². The number of para-hydroxylation sites is 2. The van der Waals surface area contributed by atoms with Crippen LogP contribution >= 0.6 is 0 Å². The average molecular weight is 372 g/mol. The van der Waals surface area contributed by atoms with Crippen LogP contribution in [0.2, 0.25) is 0 Å². The summed E-state index contributed by atoms with van der Waals surface area (Å²) in [4.78, 5) is 4.60. The van der Waals surface area contributed by atoms with E-state index >= 15 is 0 Å². The van der Waals surface area contributed by atoms with Crippen molar-refractivity contribution in [2.75, 3.05) is 0 Å². The Morgan fingerprint density at radius 2 is 1.50 bits per heavy atom. The maximum Gasteiger partial charge on any atom is 0.198 e. The highest BCUT2D eigenvalue weighted by Crippen LogP contribution is 2.28. The lowest BCUT2D eigenvalue weighted by Gasteiger charge is -2.09. The van der Waals surface area contributed by atoms with Crippen molar-refractivity contribution in [3.63, 3.8) is 0 Å². The Hall–Kier alpha value is -4.00. The molecule has 0 fully saturated rings.